The zero-order valence-corrected chi connectivity index (χ0v) is 25.3. The molecule has 0 N–H and O–H groups in total. The number of fused-ring (bicyclic) bond motifs is 3. The van der Waals surface area contributed by atoms with E-state index in [2.05, 4.69) is 92.3 Å². The van der Waals surface area contributed by atoms with Crippen molar-refractivity contribution in [2.24, 2.45) is 22.2 Å². The van der Waals surface area contributed by atoms with Crippen LogP contribution in [-0.4, -0.2) is 0 Å². The number of hydrogen-bond donors (Lipinski definition) is 0. The molecule has 0 heterocycles. The summed E-state index contributed by atoms with van der Waals surface area (Å²) < 4.78 is 0. The Kier molecular flexibility index (Phi) is 6.37. The second-order valence-corrected chi connectivity index (χ2v) is 13.8. The van der Waals surface area contributed by atoms with Gasteiger partial charge in [0, 0.05) is 5.41 Å². The van der Waals surface area contributed by atoms with E-state index in [1.165, 1.54) is 63.0 Å². The van der Waals surface area contributed by atoms with E-state index in [1.807, 2.05) is 0 Å². The van der Waals surface area contributed by atoms with Crippen LogP contribution in [0.15, 0.2) is 89.1 Å². The van der Waals surface area contributed by atoms with Crippen LogP contribution in [0.4, 0.5) is 0 Å². The molecule has 1 unspecified atom stereocenters. The van der Waals surface area contributed by atoms with Gasteiger partial charge in [-0.1, -0.05) is 100 Å². The van der Waals surface area contributed by atoms with Gasteiger partial charge in [0.05, 0.1) is 0 Å². The van der Waals surface area contributed by atoms with Crippen LogP contribution in [0.3, 0.4) is 0 Å². The van der Waals surface area contributed by atoms with E-state index in [1.54, 1.807) is 11.1 Å². The van der Waals surface area contributed by atoms with E-state index in [9.17, 15) is 0 Å². The lowest BCUT2D eigenvalue weighted by Gasteiger charge is -2.62. The van der Waals surface area contributed by atoms with Crippen molar-refractivity contribution in [3.63, 3.8) is 0 Å². The Morgan fingerprint density at radius 2 is 1.74 bits per heavy atom. The maximum Gasteiger partial charge on any atom is 0.0194 e. The summed E-state index contributed by atoms with van der Waals surface area (Å²) in [5.41, 5.74) is 17.0. The molecule has 0 aliphatic heterocycles. The van der Waals surface area contributed by atoms with Crippen molar-refractivity contribution in [2.75, 3.05) is 0 Å². The van der Waals surface area contributed by atoms with Crippen molar-refractivity contribution in [3.05, 3.63) is 111 Å². The Bertz CT molecular complexity index is 1400. The minimum Gasteiger partial charge on any atom is -0.0955 e. The Morgan fingerprint density at radius 1 is 1.03 bits per heavy atom. The third kappa shape index (κ3) is 3.70. The first-order valence-corrected chi connectivity index (χ1v) is 14.7. The summed E-state index contributed by atoms with van der Waals surface area (Å²) in [6.07, 6.45) is 13.8. The molecule has 38 heavy (non-hydrogen) atoms. The molecule has 4 aliphatic carbocycles. The quantitative estimate of drug-likeness (QED) is 0.374. The number of rotatable bonds is 5. The molecule has 0 nitrogen and oxygen atoms in total. The molecule has 0 radical (unpaired) electrons. The van der Waals surface area contributed by atoms with Crippen molar-refractivity contribution < 1.29 is 0 Å². The van der Waals surface area contributed by atoms with E-state index < -0.39 is 0 Å². The Labute approximate surface area is 232 Å². The van der Waals surface area contributed by atoms with Gasteiger partial charge in [-0.3, -0.25) is 0 Å². The molecular formula is C38H48. The summed E-state index contributed by atoms with van der Waals surface area (Å²) in [4.78, 5) is 0. The molecule has 0 heteroatoms. The van der Waals surface area contributed by atoms with Crippen molar-refractivity contribution in [3.8, 4) is 0 Å². The lowest BCUT2D eigenvalue weighted by atomic mass is 9.41. The standard InChI is InChI=1S/C38H48/c1-23(2)33-26(5)20-37(10)22-36(9)21-32-31(17-13-16-30-15-12-14-24(30)3)19-18-25(4)34(32)27(6)35(36)29(8)38(37,11)28(33)7/h12,14-15,18-19,24H,1,6-7,13,16-17,20-22H2,2-5,8-11H3/t24?,36-,37+,38-/m1/s1. The summed E-state index contributed by atoms with van der Waals surface area (Å²) in [7, 11) is 0. The number of aryl methyl sites for hydroxylation is 2. The first-order chi connectivity index (χ1) is 17.7. The highest BCUT2D eigenvalue weighted by molar-refractivity contribution is 5.87. The fourth-order valence-electron chi connectivity index (χ4n) is 9.25. The second kappa shape index (κ2) is 8.97. The van der Waals surface area contributed by atoms with Crippen LogP contribution >= 0.6 is 0 Å². The van der Waals surface area contributed by atoms with Gasteiger partial charge in [-0.25, -0.2) is 0 Å². The van der Waals surface area contributed by atoms with E-state index >= 15 is 0 Å². The minimum absolute atomic E-state index is 0.0820. The van der Waals surface area contributed by atoms with Gasteiger partial charge < -0.3 is 0 Å². The van der Waals surface area contributed by atoms with Crippen LogP contribution in [0, 0.1) is 29.1 Å². The number of allylic oxidation sites excluding steroid dienone is 11. The average Bonchev–Trinajstić information content (AvgIpc) is 3.21. The summed E-state index contributed by atoms with van der Waals surface area (Å²) in [6, 6.07) is 4.76. The van der Waals surface area contributed by atoms with Crippen LogP contribution < -0.4 is 0 Å². The molecule has 0 amide bonds. The van der Waals surface area contributed by atoms with Crippen molar-refractivity contribution in [2.45, 2.75) is 93.9 Å². The fraction of sp³-hybridized carbons (Fsp3) is 0.474. The topological polar surface area (TPSA) is 0 Å². The SMILES string of the molecule is C=C(C)C1=C(C)C[C@@]2(C)C[C@@]3(C)Cc4c(CCCC5=CC=CC5C)ccc(C)c4C(=C)C3=C(C)[C@@]2(C)C1=C. The third-order valence-corrected chi connectivity index (χ3v) is 11.1. The summed E-state index contributed by atoms with van der Waals surface area (Å²) in [5.74, 6) is 0.599. The smallest absolute Gasteiger partial charge is 0.0194 e. The maximum absolute atomic E-state index is 4.84. The molecule has 0 spiro atoms. The minimum atomic E-state index is -0.0959. The van der Waals surface area contributed by atoms with E-state index in [0.29, 0.717) is 5.92 Å². The Morgan fingerprint density at radius 3 is 2.37 bits per heavy atom. The van der Waals surface area contributed by atoms with Gasteiger partial charge in [0.15, 0.2) is 0 Å². The molecule has 4 aliphatic rings. The van der Waals surface area contributed by atoms with Gasteiger partial charge in [0.25, 0.3) is 0 Å². The molecule has 1 aromatic rings. The van der Waals surface area contributed by atoms with Crippen LogP contribution in [0.5, 0.6) is 0 Å². The zero-order valence-electron chi connectivity index (χ0n) is 25.3. The normalized spacial score (nSPS) is 32.3. The molecule has 0 saturated carbocycles. The van der Waals surface area contributed by atoms with Crippen LogP contribution in [0.25, 0.3) is 5.57 Å². The lowest BCUT2D eigenvalue weighted by molar-refractivity contribution is 0.0543. The van der Waals surface area contributed by atoms with Crippen molar-refractivity contribution in [1.29, 1.82) is 0 Å². The monoisotopic (exact) mass is 504 g/mol. The summed E-state index contributed by atoms with van der Waals surface area (Å²) in [5, 5.41) is 0. The highest BCUT2D eigenvalue weighted by Gasteiger charge is 2.59. The predicted octanol–water partition coefficient (Wildman–Crippen LogP) is 10.6. The fourth-order valence-corrected chi connectivity index (χ4v) is 9.25. The van der Waals surface area contributed by atoms with Crippen LogP contribution in [0.2, 0.25) is 0 Å². The predicted molar refractivity (Wildman–Crippen MR) is 166 cm³/mol. The summed E-state index contributed by atoms with van der Waals surface area (Å²) in [6.45, 7) is 32.9. The van der Waals surface area contributed by atoms with Gasteiger partial charge in [-0.05, 0) is 128 Å². The van der Waals surface area contributed by atoms with Crippen LogP contribution in [0.1, 0.15) is 96.4 Å². The Balaban J connectivity index is 1.58. The van der Waals surface area contributed by atoms with Crippen LogP contribution in [-0.2, 0) is 12.8 Å². The summed E-state index contributed by atoms with van der Waals surface area (Å²) >= 11 is 0. The highest BCUT2D eigenvalue weighted by atomic mass is 14.6. The van der Waals surface area contributed by atoms with Crippen molar-refractivity contribution in [1.82, 2.24) is 0 Å². The maximum atomic E-state index is 4.84. The molecule has 0 saturated heterocycles. The largest absolute Gasteiger partial charge is 0.0955 e. The molecule has 0 bridgehead atoms. The van der Waals surface area contributed by atoms with Gasteiger partial charge in [-0.15, -0.1) is 0 Å². The average molecular weight is 505 g/mol. The molecular weight excluding hydrogens is 456 g/mol. The molecule has 5 rings (SSSR count). The third-order valence-electron chi connectivity index (χ3n) is 11.1. The number of benzene rings is 1. The molecule has 0 fully saturated rings. The highest BCUT2D eigenvalue weighted by Crippen LogP contribution is 2.70. The van der Waals surface area contributed by atoms with Gasteiger partial charge in [-0.2, -0.15) is 0 Å². The molecule has 1 aromatic carbocycles. The second-order valence-electron chi connectivity index (χ2n) is 13.8. The van der Waals surface area contributed by atoms with Crippen molar-refractivity contribution >= 4 is 5.57 Å². The van der Waals surface area contributed by atoms with Gasteiger partial charge >= 0.3 is 0 Å². The Hall–Kier alpha value is -2.60. The van der Waals surface area contributed by atoms with Gasteiger partial charge in [0.2, 0.25) is 0 Å². The van der Waals surface area contributed by atoms with E-state index in [4.69, 9.17) is 13.2 Å². The van der Waals surface area contributed by atoms with E-state index in [0.717, 1.165) is 31.3 Å². The zero-order chi connectivity index (χ0) is 27.8. The number of hydrogen-bond acceptors (Lipinski definition) is 0. The molecule has 200 valence electrons. The molecule has 4 atom stereocenters. The van der Waals surface area contributed by atoms with E-state index in [-0.39, 0.29) is 16.2 Å². The molecule has 0 aromatic heterocycles. The van der Waals surface area contributed by atoms with Gasteiger partial charge in [0.1, 0.15) is 0 Å². The first-order valence-electron chi connectivity index (χ1n) is 14.7. The first kappa shape index (κ1) is 27.0. The lowest BCUT2D eigenvalue weighted by Crippen LogP contribution is -2.52.